The molecule has 1 saturated heterocycles. The Morgan fingerprint density at radius 2 is 2.16 bits per heavy atom. The minimum Gasteiger partial charge on any atom is -0.381 e. The van der Waals surface area contributed by atoms with Gasteiger partial charge in [0, 0.05) is 37.1 Å². The molecular formula is C13H22N4O2. The minimum atomic E-state index is -0.154. The molecule has 1 fully saturated rings. The van der Waals surface area contributed by atoms with Gasteiger partial charge in [-0.3, -0.25) is 4.99 Å². The molecule has 2 amide bonds. The summed E-state index contributed by atoms with van der Waals surface area (Å²) in [6.45, 7) is 6.08. The predicted octanol–water partition coefficient (Wildman–Crippen LogP) is 0.759. The van der Waals surface area contributed by atoms with Crippen molar-refractivity contribution < 1.29 is 9.53 Å². The summed E-state index contributed by atoms with van der Waals surface area (Å²) in [5.74, 6) is 0.830. The average Bonchev–Trinajstić information content (AvgIpc) is 2.76. The monoisotopic (exact) mass is 266 g/mol. The normalized spacial score (nSPS) is 19.9. The molecule has 3 N–H and O–H groups in total. The molecular weight excluding hydrogens is 244 g/mol. The summed E-state index contributed by atoms with van der Waals surface area (Å²) in [5, 5.41) is 9.02. The molecule has 2 aliphatic heterocycles. The highest BCUT2D eigenvalue weighted by Crippen LogP contribution is 2.06. The number of amides is 2. The Bertz CT molecular complexity index is 384. The van der Waals surface area contributed by atoms with Gasteiger partial charge in [-0.25, -0.2) is 4.79 Å². The van der Waals surface area contributed by atoms with Crippen molar-refractivity contribution in [3.8, 4) is 0 Å². The van der Waals surface area contributed by atoms with E-state index in [9.17, 15) is 4.79 Å². The largest absolute Gasteiger partial charge is 0.381 e. The highest BCUT2D eigenvalue weighted by molar-refractivity contribution is 5.96. The second-order valence-electron chi connectivity index (χ2n) is 5.16. The molecule has 0 spiro atoms. The van der Waals surface area contributed by atoms with Gasteiger partial charge >= 0.3 is 6.03 Å². The zero-order chi connectivity index (χ0) is 13.7. The molecule has 19 heavy (non-hydrogen) atoms. The lowest BCUT2D eigenvalue weighted by Gasteiger charge is -2.23. The molecule has 0 atom stereocenters. The van der Waals surface area contributed by atoms with E-state index in [1.165, 1.54) is 0 Å². The van der Waals surface area contributed by atoms with Crippen LogP contribution in [0.1, 0.15) is 26.7 Å². The maximum Gasteiger partial charge on any atom is 0.319 e. The number of urea groups is 1. The van der Waals surface area contributed by atoms with Crippen LogP contribution < -0.4 is 16.0 Å². The van der Waals surface area contributed by atoms with Gasteiger partial charge in [-0.1, -0.05) is 0 Å². The molecule has 0 aromatic rings. The van der Waals surface area contributed by atoms with Crippen LogP contribution in [0.2, 0.25) is 0 Å². The first-order valence-corrected chi connectivity index (χ1v) is 6.80. The summed E-state index contributed by atoms with van der Waals surface area (Å²) >= 11 is 0. The number of rotatable bonds is 3. The third-order valence-corrected chi connectivity index (χ3v) is 3.00. The number of amidine groups is 1. The predicted molar refractivity (Wildman–Crippen MR) is 74.2 cm³/mol. The van der Waals surface area contributed by atoms with Crippen LogP contribution in [-0.4, -0.2) is 43.7 Å². The van der Waals surface area contributed by atoms with Crippen LogP contribution in [0, 0.1) is 0 Å². The van der Waals surface area contributed by atoms with Crippen LogP contribution in [0.5, 0.6) is 0 Å². The van der Waals surface area contributed by atoms with E-state index in [1.54, 1.807) is 0 Å². The number of aliphatic imine (C=N–C) groups is 1. The quantitative estimate of drug-likeness (QED) is 0.706. The second-order valence-corrected chi connectivity index (χ2v) is 5.16. The van der Waals surface area contributed by atoms with E-state index in [2.05, 4.69) is 34.8 Å². The Labute approximate surface area is 113 Å². The molecule has 2 rings (SSSR count). The molecule has 0 saturated carbocycles. The average molecular weight is 266 g/mol. The summed E-state index contributed by atoms with van der Waals surface area (Å²) < 4.78 is 5.26. The third kappa shape index (κ3) is 4.55. The Balaban J connectivity index is 1.74. The van der Waals surface area contributed by atoms with Crippen molar-refractivity contribution in [3.63, 3.8) is 0 Å². The molecule has 0 aromatic carbocycles. The van der Waals surface area contributed by atoms with Crippen molar-refractivity contribution in [3.05, 3.63) is 11.8 Å². The highest BCUT2D eigenvalue weighted by atomic mass is 16.5. The van der Waals surface area contributed by atoms with Crippen molar-refractivity contribution in [1.82, 2.24) is 16.0 Å². The first-order valence-electron chi connectivity index (χ1n) is 6.80. The Kier molecular flexibility index (Phi) is 4.79. The van der Waals surface area contributed by atoms with E-state index in [-0.39, 0.29) is 12.1 Å². The Morgan fingerprint density at radius 3 is 2.84 bits per heavy atom. The van der Waals surface area contributed by atoms with Crippen molar-refractivity contribution >= 4 is 11.9 Å². The molecule has 0 bridgehead atoms. The van der Waals surface area contributed by atoms with E-state index >= 15 is 0 Å². The molecule has 6 heteroatoms. The number of hydrogen-bond donors (Lipinski definition) is 3. The fourth-order valence-electron chi connectivity index (χ4n) is 2.09. The topological polar surface area (TPSA) is 74.8 Å². The van der Waals surface area contributed by atoms with Crippen molar-refractivity contribution in [2.24, 2.45) is 4.99 Å². The number of carbonyl (C=O) groups is 1. The molecule has 0 aliphatic carbocycles. The van der Waals surface area contributed by atoms with E-state index in [0.717, 1.165) is 37.6 Å². The maximum absolute atomic E-state index is 11.8. The summed E-state index contributed by atoms with van der Waals surface area (Å²) in [7, 11) is 0. The summed E-state index contributed by atoms with van der Waals surface area (Å²) in [5.41, 5.74) is 0.827. The highest BCUT2D eigenvalue weighted by Gasteiger charge is 2.17. The van der Waals surface area contributed by atoms with E-state index in [1.807, 2.05) is 6.08 Å². The standard InChI is InChI=1S/C13H22N4O2/c1-9(2)15-12-7-11(8-14-12)17-13(18)16-10-3-5-19-6-4-10/h7,9-10H,3-6,8H2,1-2H3,(H,14,15)(H2,16,17,18). The van der Waals surface area contributed by atoms with Gasteiger partial charge in [-0.05, 0) is 26.7 Å². The van der Waals surface area contributed by atoms with Gasteiger partial charge in [-0.2, -0.15) is 0 Å². The van der Waals surface area contributed by atoms with Gasteiger partial charge in [0.05, 0.1) is 6.54 Å². The first kappa shape index (κ1) is 13.9. The van der Waals surface area contributed by atoms with E-state index in [0.29, 0.717) is 12.6 Å². The van der Waals surface area contributed by atoms with Gasteiger partial charge in [0.1, 0.15) is 5.84 Å². The number of hydrogen-bond acceptors (Lipinski definition) is 4. The minimum absolute atomic E-state index is 0.154. The van der Waals surface area contributed by atoms with Gasteiger partial charge < -0.3 is 20.7 Å². The van der Waals surface area contributed by atoms with Crippen LogP contribution in [0.15, 0.2) is 16.8 Å². The molecule has 0 aromatic heterocycles. The molecule has 2 heterocycles. The summed E-state index contributed by atoms with van der Waals surface area (Å²) in [4.78, 5) is 16.1. The lowest BCUT2D eigenvalue weighted by molar-refractivity contribution is 0.0802. The van der Waals surface area contributed by atoms with Crippen molar-refractivity contribution in [1.29, 1.82) is 0 Å². The molecule has 2 aliphatic rings. The molecule has 0 radical (unpaired) electrons. The second kappa shape index (κ2) is 6.56. The van der Waals surface area contributed by atoms with E-state index in [4.69, 9.17) is 4.74 Å². The van der Waals surface area contributed by atoms with Crippen molar-refractivity contribution in [2.45, 2.75) is 38.8 Å². The molecule has 0 unspecified atom stereocenters. The van der Waals surface area contributed by atoms with Crippen LogP contribution in [0.4, 0.5) is 4.79 Å². The Hall–Kier alpha value is -1.56. The molecule has 6 nitrogen and oxygen atoms in total. The summed E-state index contributed by atoms with van der Waals surface area (Å²) in [6, 6.07) is 0.398. The van der Waals surface area contributed by atoms with Gasteiger partial charge in [0.25, 0.3) is 0 Å². The fraction of sp³-hybridized carbons (Fsp3) is 0.692. The van der Waals surface area contributed by atoms with Crippen LogP contribution in [-0.2, 0) is 4.74 Å². The number of carbonyl (C=O) groups excluding carboxylic acids is 1. The lowest BCUT2D eigenvalue weighted by atomic mass is 10.1. The SMILES string of the molecule is CC(C)NC1=NCC(NC(=O)NC2CCOCC2)=C1. The maximum atomic E-state index is 11.8. The van der Waals surface area contributed by atoms with E-state index < -0.39 is 0 Å². The number of nitrogens with one attached hydrogen (secondary N) is 3. The van der Waals surface area contributed by atoms with Gasteiger partial charge in [-0.15, -0.1) is 0 Å². The first-order chi connectivity index (χ1) is 9.13. The van der Waals surface area contributed by atoms with Crippen LogP contribution in [0.25, 0.3) is 0 Å². The lowest BCUT2D eigenvalue weighted by Crippen LogP contribution is -2.44. The third-order valence-electron chi connectivity index (χ3n) is 3.00. The molecule has 106 valence electrons. The zero-order valence-corrected chi connectivity index (χ0v) is 11.5. The summed E-state index contributed by atoms with van der Waals surface area (Å²) in [6.07, 6.45) is 3.63. The number of ether oxygens (including phenoxy) is 1. The number of nitrogens with zero attached hydrogens (tertiary/aromatic N) is 1. The Morgan fingerprint density at radius 1 is 1.42 bits per heavy atom. The fourth-order valence-corrected chi connectivity index (χ4v) is 2.09. The van der Waals surface area contributed by atoms with Crippen LogP contribution >= 0.6 is 0 Å². The van der Waals surface area contributed by atoms with Gasteiger partial charge in [0.15, 0.2) is 0 Å². The zero-order valence-electron chi connectivity index (χ0n) is 11.5. The smallest absolute Gasteiger partial charge is 0.319 e. The van der Waals surface area contributed by atoms with Crippen LogP contribution in [0.3, 0.4) is 0 Å². The van der Waals surface area contributed by atoms with Crippen molar-refractivity contribution in [2.75, 3.05) is 19.8 Å². The van der Waals surface area contributed by atoms with Gasteiger partial charge in [0.2, 0.25) is 0 Å².